The third kappa shape index (κ3) is 3.05. The quantitative estimate of drug-likeness (QED) is 0.918. The van der Waals surface area contributed by atoms with E-state index in [1.807, 2.05) is 36.5 Å². The molecular formula is C15H21N5. The molecule has 1 fully saturated rings. The van der Waals surface area contributed by atoms with Gasteiger partial charge in [-0.2, -0.15) is 15.0 Å². The Balaban J connectivity index is 1.68. The van der Waals surface area contributed by atoms with Crippen molar-refractivity contribution in [1.29, 1.82) is 0 Å². The molecule has 5 heteroatoms. The standard InChI is InChI=1S/C15H21N5/c1-12-9-19(10-13(2)17-12)11-14-8-16-20(18-14)15-6-4-3-5-7-15/h3-8,12-13,17H,9-11H2,1-2H3. The molecule has 5 nitrogen and oxygen atoms in total. The summed E-state index contributed by atoms with van der Waals surface area (Å²) in [5.74, 6) is 0. The predicted molar refractivity (Wildman–Crippen MR) is 78.7 cm³/mol. The summed E-state index contributed by atoms with van der Waals surface area (Å²) in [5, 5.41) is 12.5. The lowest BCUT2D eigenvalue weighted by Gasteiger charge is -2.35. The van der Waals surface area contributed by atoms with Crippen molar-refractivity contribution >= 4 is 0 Å². The Morgan fingerprint density at radius 2 is 1.85 bits per heavy atom. The monoisotopic (exact) mass is 271 g/mol. The normalized spacial score (nSPS) is 23.9. The van der Waals surface area contributed by atoms with Crippen LogP contribution in [-0.2, 0) is 6.54 Å². The molecule has 1 N–H and O–H groups in total. The highest BCUT2D eigenvalue weighted by atomic mass is 15.5. The summed E-state index contributed by atoms with van der Waals surface area (Å²) in [5.41, 5.74) is 2.02. The van der Waals surface area contributed by atoms with Gasteiger partial charge in [0.2, 0.25) is 0 Å². The molecule has 1 aromatic heterocycles. The molecule has 1 aliphatic rings. The molecular weight excluding hydrogens is 250 g/mol. The van der Waals surface area contributed by atoms with E-state index in [0.29, 0.717) is 12.1 Å². The van der Waals surface area contributed by atoms with Gasteiger partial charge in [0.15, 0.2) is 0 Å². The van der Waals surface area contributed by atoms with Crippen molar-refractivity contribution in [2.45, 2.75) is 32.5 Å². The zero-order valence-corrected chi connectivity index (χ0v) is 12.0. The first-order valence-electron chi connectivity index (χ1n) is 7.16. The molecule has 0 saturated carbocycles. The molecule has 0 aliphatic carbocycles. The van der Waals surface area contributed by atoms with Crippen LogP contribution in [0.15, 0.2) is 36.5 Å². The van der Waals surface area contributed by atoms with Crippen LogP contribution in [0.2, 0.25) is 0 Å². The van der Waals surface area contributed by atoms with Crippen LogP contribution >= 0.6 is 0 Å². The Kier molecular flexibility index (Phi) is 3.80. The van der Waals surface area contributed by atoms with Gasteiger partial charge in [-0.15, -0.1) is 0 Å². The molecule has 2 aromatic rings. The zero-order chi connectivity index (χ0) is 13.9. The fourth-order valence-electron chi connectivity index (χ4n) is 2.85. The van der Waals surface area contributed by atoms with E-state index in [-0.39, 0.29) is 0 Å². The number of aromatic nitrogens is 3. The highest BCUT2D eigenvalue weighted by Crippen LogP contribution is 2.09. The van der Waals surface area contributed by atoms with E-state index in [1.165, 1.54) is 0 Å². The van der Waals surface area contributed by atoms with Crippen LogP contribution in [0.1, 0.15) is 19.5 Å². The topological polar surface area (TPSA) is 46.0 Å². The van der Waals surface area contributed by atoms with Crippen LogP contribution in [0.3, 0.4) is 0 Å². The molecule has 1 aromatic carbocycles. The first-order chi connectivity index (χ1) is 9.70. The summed E-state index contributed by atoms with van der Waals surface area (Å²) in [6.07, 6.45) is 1.87. The summed E-state index contributed by atoms with van der Waals surface area (Å²) < 4.78 is 0. The molecule has 2 heterocycles. The molecule has 0 spiro atoms. The molecule has 2 atom stereocenters. The lowest BCUT2D eigenvalue weighted by atomic mass is 10.1. The maximum atomic E-state index is 4.57. The van der Waals surface area contributed by atoms with Gasteiger partial charge in [-0.05, 0) is 26.0 Å². The highest BCUT2D eigenvalue weighted by molar-refractivity contribution is 5.28. The Morgan fingerprint density at radius 1 is 1.15 bits per heavy atom. The third-order valence-corrected chi connectivity index (χ3v) is 3.55. The van der Waals surface area contributed by atoms with Gasteiger partial charge in [-0.25, -0.2) is 0 Å². The van der Waals surface area contributed by atoms with Crippen molar-refractivity contribution in [2.24, 2.45) is 0 Å². The van der Waals surface area contributed by atoms with Crippen LogP contribution in [0.4, 0.5) is 0 Å². The van der Waals surface area contributed by atoms with Crippen molar-refractivity contribution in [3.8, 4) is 5.69 Å². The van der Waals surface area contributed by atoms with E-state index in [1.54, 1.807) is 4.80 Å². The van der Waals surface area contributed by atoms with Crippen molar-refractivity contribution in [3.05, 3.63) is 42.2 Å². The molecule has 0 bridgehead atoms. The van der Waals surface area contributed by atoms with Crippen molar-refractivity contribution in [2.75, 3.05) is 13.1 Å². The average molecular weight is 271 g/mol. The van der Waals surface area contributed by atoms with Gasteiger partial charge in [0.1, 0.15) is 0 Å². The van der Waals surface area contributed by atoms with Crippen LogP contribution in [-0.4, -0.2) is 45.1 Å². The van der Waals surface area contributed by atoms with Crippen LogP contribution in [0.25, 0.3) is 5.69 Å². The summed E-state index contributed by atoms with van der Waals surface area (Å²) >= 11 is 0. The average Bonchev–Trinajstić information content (AvgIpc) is 2.87. The van der Waals surface area contributed by atoms with Crippen molar-refractivity contribution in [1.82, 2.24) is 25.2 Å². The lowest BCUT2D eigenvalue weighted by molar-refractivity contribution is 0.165. The SMILES string of the molecule is CC1CN(Cc2cnn(-c3ccccc3)n2)CC(C)N1. The largest absolute Gasteiger partial charge is 0.309 e. The number of hydrogen-bond donors (Lipinski definition) is 1. The fourth-order valence-corrected chi connectivity index (χ4v) is 2.85. The van der Waals surface area contributed by atoms with E-state index in [2.05, 4.69) is 34.3 Å². The van der Waals surface area contributed by atoms with Crippen molar-refractivity contribution < 1.29 is 0 Å². The minimum atomic E-state index is 0.530. The van der Waals surface area contributed by atoms with Gasteiger partial charge in [-0.1, -0.05) is 18.2 Å². The molecule has 1 aliphatic heterocycles. The van der Waals surface area contributed by atoms with Gasteiger partial charge in [-0.3, -0.25) is 4.90 Å². The van der Waals surface area contributed by atoms with Gasteiger partial charge in [0, 0.05) is 31.7 Å². The lowest BCUT2D eigenvalue weighted by Crippen LogP contribution is -2.53. The van der Waals surface area contributed by atoms with Crippen LogP contribution in [0.5, 0.6) is 0 Å². The number of nitrogens with one attached hydrogen (secondary N) is 1. The maximum Gasteiger partial charge on any atom is 0.0971 e. The molecule has 106 valence electrons. The van der Waals surface area contributed by atoms with Crippen LogP contribution in [0, 0.1) is 0 Å². The van der Waals surface area contributed by atoms with Gasteiger partial charge < -0.3 is 5.32 Å². The van der Waals surface area contributed by atoms with Gasteiger partial charge in [0.25, 0.3) is 0 Å². The van der Waals surface area contributed by atoms with E-state index < -0.39 is 0 Å². The Morgan fingerprint density at radius 3 is 2.55 bits per heavy atom. The smallest absolute Gasteiger partial charge is 0.0971 e. The van der Waals surface area contributed by atoms with E-state index >= 15 is 0 Å². The third-order valence-electron chi connectivity index (χ3n) is 3.55. The molecule has 3 rings (SSSR count). The minimum Gasteiger partial charge on any atom is -0.309 e. The summed E-state index contributed by atoms with van der Waals surface area (Å²) in [4.78, 5) is 4.13. The first-order valence-corrected chi connectivity index (χ1v) is 7.16. The van der Waals surface area contributed by atoms with Crippen LogP contribution < -0.4 is 5.32 Å². The fraction of sp³-hybridized carbons (Fsp3) is 0.467. The Hall–Kier alpha value is -1.72. The number of rotatable bonds is 3. The molecule has 0 amide bonds. The van der Waals surface area contributed by atoms with E-state index in [9.17, 15) is 0 Å². The van der Waals surface area contributed by atoms with E-state index in [4.69, 9.17) is 0 Å². The number of para-hydroxylation sites is 1. The number of piperazine rings is 1. The molecule has 20 heavy (non-hydrogen) atoms. The number of hydrogen-bond acceptors (Lipinski definition) is 4. The second-order valence-electron chi connectivity index (χ2n) is 5.62. The number of benzene rings is 1. The summed E-state index contributed by atoms with van der Waals surface area (Å²) in [6.45, 7) is 7.43. The van der Waals surface area contributed by atoms with Gasteiger partial charge >= 0.3 is 0 Å². The molecule has 0 radical (unpaired) electrons. The second-order valence-corrected chi connectivity index (χ2v) is 5.62. The number of nitrogens with zero attached hydrogens (tertiary/aromatic N) is 4. The van der Waals surface area contributed by atoms with E-state index in [0.717, 1.165) is 31.0 Å². The predicted octanol–water partition coefficient (Wildman–Crippen LogP) is 1.45. The zero-order valence-electron chi connectivity index (χ0n) is 12.0. The first kappa shape index (κ1) is 13.3. The summed E-state index contributed by atoms with van der Waals surface area (Å²) in [6, 6.07) is 11.1. The molecule has 1 saturated heterocycles. The Labute approximate surface area is 119 Å². The van der Waals surface area contributed by atoms with Gasteiger partial charge in [0.05, 0.1) is 17.6 Å². The van der Waals surface area contributed by atoms with Crippen molar-refractivity contribution in [3.63, 3.8) is 0 Å². The maximum absolute atomic E-state index is 4.57. The Bertz CT molecular complexity index is 540. The summed E-state index contributed by atoms with van der Waals surface area (Å²) in [7, 11) is 0. The highest BCUT2D eigenvalue weighted by Gasteiger charge is 2.21. The second kappa shape index (κ2) is 5.73. The molecule has 2 unspecified atom stereocenters. The minimum absolute atomic E-state index is 0.530.